The summed E-state index contributed by atoms with van der Waals surface area (Å²) in [6, 6.07) is 0. The summed E-state index contributed by atoms with van der Waals surface area (Å²) in [6.45, 7) is 2.27. The number of rotatable bonds is 23. The van der Waals surface area contributed by atoms with E-state index < -0.39 is 0 Å². The van der Waals surface area contributed by atoms with Crippen molar-refractivity contribution in [3.05, 3.63) is 36.5 Å². The minimum absolute atomic E-state index is 0.108. The van der Waals surface area contributed by atoms with Crippen LogP contribution in [0.15, 0.2) is 36.5 Å². The number of hydrogen-bond donors (Lipinski definition) is 0. The summed E-state index contributed by atoms with van der Waals surface area (Å²) in [5.41, 5.74) is 0. The Morgan fingerprint density at radius 3 is 1.29 bits per heavy atom. The highest BCUT2D eigenvalue weighted by Gasteiger charge is 1.96. The molecule has 0 unspecified atom stereocenters. The molecule has 0 spiro atoms. The second-order valence-corrected chi connectivity index (χ2v) is 8.72. The van der Waals surface area contributed by atoms with Gasteiger partial charge in [-0.2, -0.15) is 0 Å². The van der Waals surface area contributed by atoms with Crippen LogP contribution in [0.3, 0.4) is 0 Å². The summed E-state index contributed by atoms with van der Waals surface area (Å²) in [6.07, 6.45) is 38.9. The number of esters is 1. The molecule has 0 rings (SSSR count). The first-order valence-corrected chi connectivity index (χ1v) is 13.3. The summed E-state index contributed by atoms with van der Waals surface area (Å²) in [4.78, 5) is 11.0. The molecule has 0 saturated heterocycles. The van der Waals surface area contributed by atoms with Gasteiger partial charge in [0.1, 0.15) is 0 Å². The van der Waals surface area contributed by atoms with Crippen molar-refractivity contribution in [3.63, 3.8) is 0 Å². The largest absolute Gasteiger partial charge is 0.469 e. The molecular weight excluding hydrogens is 380 g/mol. The van der Waals surface area contributed by atoms with Gasteiger partial charge in [0.05, 0.1) is 7.11 Å². The van der Waals surface area contributed by atoms with Crippen LogP contribution < -0.4 is 0 Å². The molecule has 180 valence electrons. The van der Waals surface area contributed by atoms with Gasteiger partial charge in [0.2, 0.25) is 0 Å². The fraction of sp³-hybridized carbons (Fsp3) is 0.759. The lowest BCUT2D eigenvalue weighted by Crippen LogP contribution is -1.98. The van der Waals surface area contributed by atoms with E-state index in [1.165, 1.54) is 103 Å². The van der Waals surface area contributed by atoms with Crippen molar-refractivity contribution >= 4 is 5.97 Å². The van der Waals surface area contributed by atoms with Crippen molar-refractivity contribution in [1.82, 2.24) is 0 Å². The first-order chi connectivity index (χ1) is 15.3. The van der Waals surface area contributed by atoms with Gasteiger partial charge < -0.3 is 4.74 Å². The molecular formula is C29H52O2. The predicted molar refractivity (Wildman–Crippen MR) is 137 cm³/mol. The second kappa shape index (κ2) is 26.7. The number of methoxy groups -OCH3 is 1. The van der Waals surface area contributed by atoms with Gasteiger partial charge in [0.15, 0.2) is 0 Å². The SMILES string of the molecule is CCCCCCC=CCCCCCCCCCCC=CCCC=CCCCC(=O)OC. The average molecular weight is 433 g/mol. The van der Waals surface area contributed by atoms with E-state index in [0.29, 0.717) is 6.42 Å². The highest BCUT2D eigenvalue weighted by Crippen LogP contribution is 2.12. The maximum atomic E-state index is 11.0. The van der Waals surface area contributed by atoms with E-state index in [2.05, 4.69) is 48.1 Å². The maximum Gasteiger partial charge on any atom is 0.305 e. The molecule has 0 saturated carbocycles. The smallest absolute Gasteiger partial charge is 0.305 e. The third-order valence-electron chi connectivity index (χ3n) is 5.70. The number of unbranched alkanes of at least 4 members (excludes halogenated alkanes) is 15. The molecule has 0 bridgehead atoms. The Bertz CT molecular complexity index is 448. The number of carbonyl (C=O) groups is 1. The number of hydrogen-bond acceptors (Lipinski definition) is 2. The molecule has 0 aliphatic heterocycles. The van der Waals surface area contributed by atoms with Crippen LogP contribution in [0.2, 0.25) is 0 Å². The third-order valence-corrected chi connectivity index (χ3v) is 5.70. The average Bonchev–Trinajstić information content (AvgIpc) is 2.78. The van der Waals surface area contributed by atoms with Crippen molar-refractivity contribution in [3.8, 4) is 0 Å². The molecule has 0 N–H and O–H groups in total. The van der Waals surface area contributed by atoms with Crippen LogP contribution in [0.5, 0.6) is 0 Å². The monoisotopic (exact) mass is 432 g/mol. The molecule has 0 amide bonds. The summed E-state index contributed by atoms with van der Waals surface area (Å²) in [5, 5.41) is 0. The van der Waals surface area contributed by atoms with Gasteiger partial charge in [-0.1, -0.05) is 101 Å². The number of carbonyl (C=O) groups excluding carboxylic acids is 1. The first kappa shape index (κ1) is 29.7. The summed E-state index contributed by atoms with van der Waals surface area (Å²) < 4.78 is 4.63. The van der Waals surface area contributed by atoms with E-state index in [4.69, 9.17) is 0 Å². The molecule has 31 heavy (non-hydrogen) atoms. The Balaban J connectivity index is 3.20. The van der Waals surface area contributed by atoms with E-state index in [1.807, 2.05) is 0 Å². The van der Waals surface area contributed by atoms with E-state index in [0.717, 1.165) is 25.7 Å². The molecule has 0 aromatic heterocycles. The van der Waals surface area contributed by atoms with Gasteiger partial charge in [-0.15, -0.1) is 0 Å². The molecule has 0 aliphatic carbocycles. The molecule has 0 fully saturated rings. The Labute approximate surface area is 194 Å². The van der Waals surface area contributed by atoms with Gasteiger partial charge in [-0.05, 0) is 64.2 Å². The lowest BCUT2D eigenvalue weighted by atomic mass is 10.1. The zero-order valence-electron chi connectivity index (χ0n) is 20.9. The zero-order valence-corrected chi connectivity index (χ0v) is 20.9. The van der Waals surface area contributed by atoms with Crippen LogP contribution in [0.25, 0.3) is 0 Å². The predicted octanol–water partition coefficient (Wildman–Crippen LogP) is 9.65. The van der Waals surface area contributed by atoms with Crippen molar-refractivity contribution in [2.75, 3.05) is 7.11 Å². The van der Waals surface area contributed by atoms with Gasteiger partial charge in [0, 0.05) is 6.42 Å². The Morgan fingerprint density at radius 2 is 0.871 bits per heavy atom. The quantitative estimate of drug-likeness (QED) is 0.0912. The van der Waals surface area contributed by atoms with E-state index in [-0.39, 0.29) is 5.97 Å². The summed E-state index contributed by atoms with van der Waals surface area (Å²) in [5.74, 6) is -0.108. The van der Waals surface area contributed by atoms with Crippen molar-refractivity contribution in [1.29, 1.82) is 0 Å². The fourth-order valence-electron chi connectivity index (χ4n) is 3.64. The second-order valence-electron chi connectivity index (χ2n) is 8.72. The normalized spacial score (nSPS) is 11.9. The Morgan fingerprint density at radius 1 is 0.516 bits per heavy atom. The molecule has 0 radical (unpaired) electrons. The summed E-state index contributed by atoms with van der Waals surface area (Å²) >= 11 is 0. The first-order valence-electron chi connectivity index (χ1n) is 13.3. The lowest BCUT2D eigenvalue weighted by Gasteiger charge is -2.01. The minimum Gasteiger partial charge on any atom is -0.469 e. The lowest BCUT2D eigenvalue weighted by molar-refractivity contribution is -0.140. The fourth-order valence-corrected chi connectivity index (χ4v) is 3.64. The molecule has 0 aromatic carbocycles. The van der Waals surface area contributed by atoms with E-state index in [9.17, 15) is 4.79 Å². The van der Waals surface area contributed by atoms with Gasteiger partial charge >= 0.3 is 5.97 Å². The number of ether oxygens (including phenoxy) is 1. The van der Waals surface area contributed by atoms with Crippen molar-refractivity contribution in [2.45, 2.75) is 135 Å². The van der Waals surface area contributed by atoms with Crippen molar-refractivity contribution in [2.24, 2.45) is 0 Å². The van der Waals surface area contributed by atoms with E-state index in [1.54, 1.807) is 0 Å². The van der Waals surface area contributed by atoms with Crippen LogP contribution in [0, 0.1) is 0 Å². The van der Waals surface area contributed by atoms with Crippen LogP contribution in [-0.2, 0) is 9.53 Å². The highest BCUT2D eigenvalue weighted by atomic mass is 16.5. The highest BCUT2D eigenvalue weighted by molar-refractivity contribution is 5.69. The van der Waals surface area contributed by atoms with Crippen LogP contribution in [-0.4, -0.2) is 13.1 Å². The molecule has 0 aliphatic rings. The van der Waals surface area contributed by atoms with Crippen LogP contribution in [0.1, 0.15) is 135 Å². The Kier molecular flexibility index (Phi) is 25.6. The molecule has 2 heteroatoms. The Hall–Kier alpha value is -1.31. The molecule has 2 nitrogen and oxygen atoms in total. The van der Waals surface area contributed by atoms with Gasteiger partial charge in [0.25, 0.3) is 0 Å². The van der Waals surface area contributed by atoms with Gasteiger partial charge in [-0.25, -0.2) is 0 Å². The molecule has 0 heterocycles. The third kappa shape index (κ3) is 26.7. The number of allylic oxidation sites excluding steroid dienone is 6. The molecule has 0 atom stereocenters. The van der Waals surface area contributed by atoms with Crippen LogP contribution in [0.4, 0.5) is 0 Å². The summed E-state index contributed by atoms with van der Waals surface area (Å²) in [7, 11) is 1.45. The standard InChI is InChI=1S/C29H52O2/c1-3-4-5-6-7-8-9-10-11-12-13-14-15-16-17-18-19-20-21-22-23-24-25-26-27-28-29(30)31-2/h8-9,20-21,24-25H,3-7,10-19,22-23,26-28H2,1-2H3. The van der Waals surface area contributed by atoms with Gasteiger partial charge in [-0.3, -0.25) is 4.79 Å². The minimum atomic E-state index is -0.108. The van der Waals surface area contributed by atoms with Crippen molar-refractivity contribution < 1.29 is 9.53 Å². The van der Waals surface area contributed by atoms with E-state index >= 15 is 0 Å². The zero-order chi connectivity index (χ0) is 22.7. The molecule has 0 aromatic rings. The topological polar surface area (TPSA) is 26.3 Å². The maximum absolute atomic E-state index is 11.0. The van der Waals surface area contributed by atoms with Crippen LogP contribution >= 0.6 is 0 Å².